The maximum Gasteiger partial charge on any atom is 0.329 e. The summed E-state index contributed by atoms with van der Waals surface area (Å²) in [6, 6.07) is 90.9. The van der Waals surface area contributed by atoms with E-state index in [-0.39, 0.29) is 97.8 Å². The fourth-order valence-corrected chi connectivity index (χ4v) is 18.0. The van der Waals surface area contributed by atoms with Gasteiger partial charge in [-0.15, -0.1) is 124 Å². The molecule has 0 saturated carbocycles. The van der Waals surface area contributed by atoms with Crippen LogP contribution in [0.3, 0.4) is 0 Å². The number of aromatic nitrogens is 12. The summed E-state index contributed by atoms with van der Waals surface area (Å²) in [6.07, 6.45) is 14.0. The molecule has 17 nitrogen and oxygen atoms in total. The number of carbonyl (C=O) groups excluding carboxylic acids is 2. The third kappa shape index (κ3) is 24.9. The molecule has 0 unspecified atom stereocenters. The van der Waals surface area contributed by atoms with Crippen molar-refractivity contribution in [2.24, 2.45) is 7.05 Å². The Labute approximate surface area is 860 Å². The number of hydrogen-bond acceptors (Lipinski definition) is 14. The van der Waals surface area contributed by atoms with Crippen molar-refractivity contribution in [1.82, 2.24) is 59.0 Å². The van der Waals surface area contributed by atoms with Gasteiger partial charge >= 0.3 is 5.97 Å². The number of fused-ring (bicyclic) bond motifs is 2. The van der Waals surface area contributed by atoms with Crippen LogP contribution in [0.2, 0.25) is 0 Å². The predicted molar refractivity (Wildman–Crippen MR) is 529 cm³/mol. The zero-order valence-electron chi connectivity index (χ0n) is 76.2. The third-order valence-electron chi connectivity index (χ3n) is 22.2. The van der Waals surface area contributed by atoms with E-state index in [1.54, 1.807) is 89.8 Å². The number of aliphatic hydroxyl groups excluding tert-OH is 1. The van der Waals surface area contributed by atoms with Gasteiger partial charge in [-0.2, -0.15) is 11.2 Å². The minimum atomic E-state index is -0.470. The van der Waals surface area contributed by atoms with Crippen LogP contribution in [0.1, 0.15) is 89.6 Å². The molecule has 690 valence electrons. The molecule has 0 fully saturated rings. The number of esters is 1. The van der Waals surface area contributed by atoms with Crippen molar-refractivity contribution in [3.63, 3.8) is 0 Å². The van der Waals surface area contributed by atoms with Crippen LogP contribution in [0.5, 0.6) is 5.75 Å². The Morgan fingerprint density at radius 1 is 0.541 bits per heavy atom. The van der Waals surface area contributed by atoms with Crippen molar-refractivity contribution < 1.29 is 109 Å². The van der Waals surface area contributed by atoms with Gasteiger partial charge in [-0.3, -0.25) is 19.2 Å². The molecule has 12 aromatic carbocycles. The van der Waals surface area contributed by atoms with E-state index in [1.165, 1.54) is 101 Å². The molecule has 7 aromatic heterocycles. The number of rotatable bonds is 15. The topological polar surface area (TPSA) is 200 Å². The van der Waals surface area contributed by atoms with E-state index in [2.05, 4.69) is 295 Å². The number of imidazole rings is 3. The van der Waals surface area contributed by atoms with E-state index >= 15 is 0 Å². The molecule has 7 heterocycles. The summed E-state index contributed by atoms with van der Waals surface area (Å²) < 4.78 is 34.4. The minimum Gasteiger partial charge on any atom is -0.507 e. The van der Waals surface area contributed by atoms with Gasteiger partial charge < -0.3 is 38.0 Å². The summed E-state index contributed by atoms with van der Waals surface area (Å²) >= 11 is 9.12. The van der Waals surface area contributed by atoms with E-state index < -0.39 is 5.97 Å². The second-order valence-corrected chi connectivity index (χ2v) is 34.1. The van der Waals surface area contributed by atoms with Gasteiger partial charge in [0.2, 0.25) is 0 Å². The van der Waals surface area contributed by atoms with Crippen LogP contribution >= 0.6 is 43.2 Å². The number of ether oxygens (including phenoxy) is 1. The third-order valence-corrected chi connectivity index (χ3v) is 24.7. The van der Waals surface area contributed by atoms with Gasteiger partial charge in [-0.05, 0) is 237 Å². The number of ketones is 1. The minimum absolute atomic E-state index is 0. The first-order valence-electron chi connectivity index (χ1n) is 42.0. The number of aryl methyl sites for hydroxylation is 8. The quantitative estimate of drug-likeness (QED) is 0.0254. The average Bonchev–Trinajstić information content (AvgIpc) is 1.77. The molecule has 0 aliphatic carbocycles. The van der Waals surface area contributed by atoms with E-state index in [4.69, 9.17) is 14.2 Å². The largest absolute Gasteiger partial charge is 0.507 e. The first-order chi connectivity index (χ1) is 63.2. The van der Waals surface area contributed by atoms with Crippen LogP contribution in [0, 0.1) is 119 Å². The zero-order valence-corrected chi connectivity index (χ0v) is 89.7. The van der Waals surface area contributed by atoms with Gasteiger partial charge in [0, 0.05) is 197 Å². The Balaban J connectivity index is 0.000000168. The number of carbonyl (C=O) groups is 2. The molecule has 4 radical (unpaired) electrons. The van der Waals surface area contributed by atoms with Crippen LogP contribution in [-0.4, -0.2) is 75.9 Å². The molecule has 25 heteroatoms. The van der Waals surface area contributed by atoms with Gasteiger partial charge in [-0.25, -0.2) is 20.8 Å². The SMILES string of the molecule is C=C(C)C(=O)Oc1c[c-]c(-c2nnnn2-c2c(C)c(C)c(C)c(C)c2C)cc1.Cc1cc(C)c(-n2cc(-c3c(C)cccc3C)nc2-c2[c-]con2)c(C)c1.Cc1cccc(C)c1-c1cc[c-]c(-c2nccn2C)c1.Fc1c[c-]c(-c2nccn2-c2c(Br)cc3ccccc3c2Br)cc1.O=C(C=C(O)c1ccccc1)c1ccccc1.[Ir].[Ir].[Ir].[Ir].[c-]1c(-c2ccccn2)sc2ccccc12. The van der Waals surface area contributed by atoms with Crippen molar-refractivity contribution >= 4 is 81.6 Å². The standard InChI is InChI=1S/C23H22N3O.C22H23N4O2.C19H10Br2FN2.C18H17N2.C15H12O2.C13H8NS.4Ir/c1-14-11-17(4)22(18(5)12-14)26-13-20(21-15(2)7-6-8-16(21)3)24-23(26)19-9-10-27-25-19;1-12(2)22(27)28-19-10-8-18(9-11-19)21-23-24-25-26(21)20-16(6)14(4)13(3)15(5)17(20)7;20-16-11-13-3-1-2-4-15(13)17(21)18(16)24-10-9-23-19(24)12-5-7-14(22)8-6-12;1-13-6-4-7-14(2)17(13)15-8-5-9-16(12-15)18-19-10-11-20(18)3;16-14(12-7-3-1-4-8-12)11-15(17)13-9-5-2-6-10-13;1-2-7-12-10(5-1)9-13(15-12)11-6-3-4-8-14-11;;;;/h6-8,10-13H,1-5H3;8,10-11H,1H2,2-7H3;1-5,7-11H;4-8,10-12H,1-3H3;1-11,16H;1-8H;;;;/q4*-1;;-1;;;;. The van der Waals surface area contributed by atoms with Gasteiger partial charge in [0.25, 0.3) is 0 Å². The molecule has 19 aromatic rings. The summed E-state index contributed by atoms with van der Waals surface area (Å²) in [7, 11) is 2.00. The number of tetrazole rings is 1. The second kappa shape index (κ2) is 48.3. The monoisotopic (exact) mass is 2640 g/mol. The number of thiophene rings is 1. The van der Waals surface area contributed by atoms with Crippen LogP contribution in [0.15, 0.2) is 312 Å². The number of allylic oxidation sites excluding steroid dienone is 1. The molecule has 1 N–H and O–H groups in total. The van der Waals surface area contributed by atoms with Crippen LogP contribution < -0.4 is 4.74 Å². The summed E-state index contributed by atoms with van der Waals surface area (Å²) in [5.41, 5.74) is 27.9. The van der Waals surface area contributed by atoms with Gasteiger partial charge in [0.15, 0.2) is 5.78 Å². The number of halogens is 3. The average molecular weight is 2640 g/mol. The zero-order chi connectivity index (χ0) is 92.7. The summed E-state index contributed by atoms with van der Waals surface area (Å²) in [5, 5.41) is 29.6. The predicted octanol–water partition coefficient (Wildman–Crippen LogP) is 27.2. The molecular weight excluding hydrogens is 2550 g/mol. The maximum absolute atomic E-state index is 13.2. The molecule has 0 saturated heterocycles. The van der Waals surface area contributed by atoms with Gasteiger partial charge in [-0.1, -0.05) is 170 Å². The van der Waals surface area contributed by atoms with Crippen molar-refractivity contribution in [3.05, 3.63) is 421 Å². The van der Waals surface area contributed by atoms with Crippen molar-refractivity contribution in [1.29, 1.82) is 0 Å². The van der Waals surface area contributed by atoms with E-state index in [9.17, 15) is 19.1 Å². The van der Waals surface area contributed by atoms with E-state index in [0.29, 0.717) is 45.4 Å². The molecule has 0 bridgehead atoms. The summed E-state index contributed by atoms with van der Waals surface area (Å²) in [4.78, 5) is 42.6. The number of aliphatic hydroxyl groups is 1. The fraction of sp³-hybridized carbons (Fsp3) is 0.127. The maximum atomic E-state index is 13.2. The molecule has 0 atom stereocenters. The molecule has 135 heavy (non-hydrogen) atoms. The first kappa shape index (κ1) is 105. The Hall–Kier alpha value is -12.2. The smallest absolute Gasteiger partial charge is 0.329 e. The van der Waals surface area contributed by atoms with E-state index in [1.807, 2.05) is 108 Å². The van der Waals surface area contributed by atoms with Gasteiger partial charge in [0.1, 0.15) is 11.6 Å². The Morgan fingerprint density at radius 3 is 1.75 bits per heavy atom. The Morgan fingerprint density at radius 2 is 1.14 bits per heavy atom. The van der Waals surface area contributed by atoms with Crippen LogP contribution in [0.4, 0.5) is 4.39 Å². The molecule has 0 aliphatic rings. The Bertz CT molecular complexity index is 7240. The molecule has 19 rings (SSSR count). The van der Waals surface area contributed by atoms with Gasteiger partial charge in [0.05, 0.1) is 28.7 Å². The van der Waals surface area contributed by atoms with E-state index in [0.717, 1.165) is 92.5 Å². The molecule has 0 aliphatic heterocycles. The number of nitrogens with zero attached hydrogens (tertiary/aromatic N) is 12. The number of benzene rings is 12. The molecule has 0 amide bonds. The summed E-state index contributed by atoms with van der Waals surface area (Å²) in [5.74, 6) is 2.34. The van der Waals surface area contributed by atoms with Crippen LogP contribution in [0.25, 0.3) is 122 Å². The molecular formula is C110H92Br2FIr4N12O5S-5. The van der Waals surface area contributed by atoms with Crippen molar-refractivity contribution in [3.8, 4) is 101 Å². The van der Waals surface area contributed by atoms with Crippen LogP contribution in [-0.2, 0) is 92.3 Å². The number of hydrogen-bond donors (Lipinski definition) is 1. The second-order valence-electron chi connectivity index (χ2n) is 31.4. The number of pyridine rings is 1. The van der Waals surface area contributed by atoms with Crippen molar-refractivity contribution in [2.45, 2.75) is 90.0 Å². The first-order valence-corrected chi connectivity index (χ1v) is 44.4. The summed E-state index contributed by atoms with van der Waals surface area (Å²) in [6.45, 7) is 30.6. The Kier molecular flexibility index (Phi) is 37.6. The fourth-order valence-electron chi connectivity index (χ4n) is 15.4. The normalized spacial score (nSPS) is 10.6. The molecule has 0 spiro atoms. The van der Waals surface area contributed by atoms with Crippen molar-refractivity contribution in [2.75, 3.05) is 0 Å².